The van der Waals surface area contributed by atoms with Crippen molar-refractivity contribution in [3.05, 3.63) is 25.3 Å². The molecule has 1 aliphatic heterocycles. The van der Waals surface area contributed by atoms with Crippen molar-refractivity contribution < 1.29 is 14.6 Å². The van der Waals surface area contributed by atoms with Gasteiger partial charge in [-0.3, -0.25) is 0 Å². The summed E-state index contributed by atoms with van der Waals surface area (Å²) >= 11 is 0. The lowest BCUT2D eigenvalue weighted by molar-refractivity contribution is -0.150. The predicted molar refractivity (Wildman–Crippen MR) is 50.2 cm³/mol. The van der Waals surface area contributed by atoms with E-state index in [0.29, 0.717) is 0 Å². The second-order valence-electron chi connectivity index (χ2n) is 3.53. The van der Waals surface area contributed by atoms with Gasteiger partial charge in [0.2, 0.25) is 0 Å². The van der Waals surface area contributed by atoms with E-state index in [0.717, 1.165) is 0 Å². The van der Waals surface area contributed by atoms with E-state index in [9.17, 15) is 5.11 Å². The number of aliphatic hydroxyl groups is 1. The van der Waals surface area contributed by atoms with Crippen molar-refractivity contribution in [2.75, 3.05) is 0 Å². The van der Waals surface area contributed by atoms with Crippen LogP contribution in [0.4, 0.5) is 0 Å². The molecule has 13 heavy (non-hydrogen) atoms. The zero-order valence-electron chi connectivity index (χ0n) is 8.06. The highest BCUT2D eigenvalue weighted by Gasteiger charge is 2.42. The van der Waals surface area contributed by atoms with Crippen LogP contribution in [0.1, 0.15) is 13.8 Å². The normalized spacial score (nSPS) is 34.1. The molecule has 0 amide bonds. The average molecular weight is 184 g/mol. The third-order valence-electron chi connectivity index (χ3n) is 1.97. The van der Waals surface area contributed by atoms with Crippen molar-refractivity contribution in [3.8, 4) is 0 Å². The molecule has 1 N–H and O–H groups in total. The Labute approximate surface area is 78.7 Å². The van der Waals surface area contributed by atoms with Gasteiger partial charge < -0.3 is 14.6 Å². The summed E-state index contributed by atoms with van der Waals surface area (Å²) in [7, 11) is 0. The van der Waals surface area contributed by atoms with Gasteiger partial charge >= 0.3 is 0 Å². The largest absolute Gasteiger partial charge is 0.386 e. The maximum absolute atomic E-state index is 9.52. The van der Waals surface area contributed by atoms with Gasteiger partial charge in [0, 0.05) is 0 Å². The van der Waals surface area contributed by atoms with Crippen molar-refractivity contribution in [2.24, 2.45) is 0 Å². The number of hydrogen-bond donors (Lipinski definition) is 1. The predicted octanol–water partition coefficient (Wildman–Crippen LogP) is 1.24. The first-order valence-electron chi connectivity index (χ1n) is 4.29. The lowest BCUT2D eigenvalue weighted by Crippen LogP contribution is -2.32. The summed E-state index contributed by atoms with van der Waals surface area (Å²) < 4.78 is 11.0. The second-order valence-corrected chi connectivity index (χ2v) is 3.53. The Bertz CT molecular complexity index is 210. The monoisotopic (exact) mass is 184 g/mol. The fourth-order valence-corrected chi connectivity index (χ4v) is 1.40. The van der Waals surface area contributed by atoms with Gasteiger partial charge in [-0.2, -0.15) is 0 Å². The zero-order chi connectivity index (χ0) is 10.1. The molecule has 0 aromatic rings. The first kappa shape index (κ1) is 10.4. The average Bonchev–Trinajstić information content (AvgIpc) is 2.39. The molecule has 1 fully saturated rings. The number of rotatable bonds is 3. The van der Waals surface area contributed by atoms with Gasteiger partial charge in [0.25, 0.3) is 0 Å². The van der Waals surface area contributed by atoms with Crippen LogP contribution >= 0.6 is 0 Å². The molecule has 0 aromatic heterocycles. The van der Waals surface area contributed by atoms with Crippen LogP contribution in [0.3, 0.4) is 0 Å². The van der Waals surface area contributed by atoms with Crippen molar-refractivity contribution in [1.29, 1.82) is 0 Å². The number of ether oxygens (including phenoxy) is 2. The molecule has 0 radical (unpaired) electrons. The fraction of sp³-hybridized carbons (Fsp3) is 0.600. The maximum Gasteiger partial charge on any atom is 0.164 e. The molecule has 0 spiro atoms. The molecule has 1 heterocycles. The van der Waals surface area contributed by atoms with Crippen LogP contribution in [0, 0.1) is 0 Å². The standard InChI is InChI=1S/C10H16O3/c1-5-7(11)9-8(6-2)12-10(3,4)13-9/h5-9,11H,1-2H2,3-4H3/t7-,8-,9+/m0/s1. The number of hydrogen-bond acceptors (Lipinski definition) is 3. The topological polar surface area (TPSA) is 38.7 Å². The maximum atomic E-state index is 9.52. The van der Waals surface area contributed by atoms with Crippen molar-refractivity contribution in [2.45, 2.75) is 37.9 Å². The van der Waals surface area contributed by atoms with E-state index in [1.807, 2.05) is 0 Å². The summed E-state index contributed by atoms with van der Waals surface area (Å²) in [4.78, 5) is 0. The molecule has 1 aliphatic rings. The van der Waals surface area contributed by atoms with Crippen molar-refractivity contribution >= 4 is 0 Å². The summed E-state index contributed by atoms with van der Waals surface area (Å²) in [6, 6.07) is 0. The fourth-order valence-electron chi connectivity index (χ4n) is 1.40. The van der Waals surface area contributed by atoms with Crippen LogP contribution in [0.5, 0.6) is 0 Å². The first-order valence-corrected chi connectivity index (χ1v) is 4.29. The summed E-state index contributed by atoms with van der Waals surface area (Å²) in [6.07, 6.45) is 1.68. The van der Waals surface area contributed by atoms with Crippen molar-refractivity contribution in [1.82, 2.24) is 0 Å². The quantitative estimate of drug-likeness (QED) is 0.671. The van der Waals surface area contributed by atoms with E-state index in [1.165, 1.54) is 6.08 Å². The van der Waals surface area contributed by atoms with E-state index in [-0.39, 0.29) is 6.10 Å². The lowest BCUT2D eigenvalue weighted by atomic mass is 10.1. The van der Waals surface area contributed by atoms with E-state index in [1.54, 1.807) is 19.9 Å². The third kappa shape index (κ3) is 2.18. The summed E-state index contributed by atoms with van der Waals surface area (Å²) in [5.41, 5.74) is 0. The second kappa shape index (κ2) is 3.62. The molecule has 0 unspecified atom stereocenters. The highest BCUT2D eigenvalue weighted by molar-refractivity contribution is 5.00. The molecule has 0 aromatic carbocycles. The van der Waals surface area contributed by atoms with Crippen molar-refractivity contribution in [3.63, 3.8) is 0 Å². The molecule has 74 valence electrons. The summed E-state index contributed by atoms with van der Waals surface area (Å²) in [5, 5.41) is 9.52. The van der Waals surface area contributed by atoms with Gasteiger partial charge in [0.1, 0.15) is 18.3 Å². The Morgan fingerprint density at radius 3 is 2.46 bits per heavy atom. The Morgan fingerprint density at radius 1 is 1.38 bits per heavy atom. The highest BCUT2D eigenvalue weighted by atomic mass is 16.8. The third-order valence-corrected chi connectivity index (χ3v) is 1.97. The first-order chi connectivity index (χ1) is 6.00. The van der Waals surface area contributed by atoms with Crippen LogP contribution in [0.15, 0.2) is 25.3 Å². The zero-order valence-corrected chi connectivity index (χ0v) is 8.06. The minimum atomic E-state index is -0.718. The Kier molecular flexibility index (Phi) is 2.91. The van der Waals surface area contributed by atoms with E-state index in [4.69, 9.17) is 9.47 Å². The molecule has 0 aliphatic carbocycles. The van der Waals surface area contributed by atoms with Gasteiger partial charge in [-0.1, -0.05) is 12.2 Å². The van der Waals surface area contributed by atoms with Gasteiger partial charge in [-0.15, -0.1) is 13.2 Å². The van der Waals surface area contributed by atoms with E-state index < -0.39 is 18.0 Å². The molecular formula is C10H16O3. The van der Waals surface area contributed by atoms with Crippen LogP contribution in [-0.2, 0) is 9.47 Å². The molecule has 1 saturated heterocycles. The molecule has 0 bridgehead atoms. The Morgan fingerprint density at radius 2 is 2.00 bits per heavy atom. The number of aliphatic hydroxyl groups excluding tert-OH is 1. The SMILES string of the molecule is C=C[C@@H]1OC(C)(C)O[C@@H]1[C@@H](O)C=C. The van der Waals surface area contributed by atoms with Gasteiger partial charge in [-0.25, -0.2) is 0 Å². The van der Waals surface area contributed by atoms with Crippen LogP contribution in [0.2, 0.25) is 0 Å². The molecule has 3 atom stereocenters. The highest BCUT2D eigenvalue weighted by Crippen LogP contribution is 2.30. The van der Waals surface area contributed by atoms with Crippen LogP contribution in [0.25, 0.3) is 0 Å². The Hall–Kier alpha value is -0.640. The smallest absolute Gasteiger partial charge is 0.164 e. The van der Waals surface area contributed by atoms with E-state index in [2.05, 4.69) is 13.2 Å². The minimum Gasteiger partial charge on any atom is -0.386 e. The molecule has 1 rings (SSSR count). The summed E-state index contributed by atoms with van der Waals surface area (Å²) in [5.74, 6) is -0.659. The van der Waals surface area contributed by atoms with Crippen LogP contribution in [-0.4, -0.2) is 29.2 Å². The minimum absolute atomic E-state index is 0.275. The van der Waals surface area contributed by atoms with Gasteiger partial charge in [-0.05, 0) is 13.8 Å². The van der Waals surface area contributed by atoms with E-state index >= 15 is 0 Å². The van der Waals surface area contributed by atoms with Gasteiger partial charge in [0.15, 0.2) is 5.79 Å². The van der Waals surface area contributed by atoms with Crippen LogP contribution < -0.4 is 0 Å². The molecule has 3 heteroatoms. The molecule has 0 saturated carbocycles. The van der Waals surface area contributed by atoms with Gasteiger partial charge in [0.05, 0.1) is 0 Å². The molecular weight excluding hydrogens is 168 g/mol. The Balaban J connectivity index is 2.74. The summed E-state index contributed by atoms with van der Waals surface area (Å²) in [6.45, 7) is 10.7. The molecule has 3 nitrogen and oxygen atoms in total. The lowest BCUT2D eigenvalue weighted by Gasteiger charge is -2.18.